The van der Waals surface area contributed by atoms with Crippen molar-refractivity contribution in [1.82, 2.24) is 0 Å². The van der Waals surface area contributed by atoms with Crippen molar-refractivity contribution in [2.75, 3.05) is 0 Å². The van der Waals surface area contributed by atoms with Gasteiger partial charge < -0.3 is 0 Å². The van der Waals surface area contributed by atoms with Crippen molar-refractivity contribution in [3.8, 4) is 0 Å². The van der Waals surface area contributed by atoms with Crippen LogP contribution in [0.15, 0.2) is 34.9 Å². The molecule has 0 aromatic heterocycles. The quantitative estimate of drug-likeness (QED) is 0.255. The van der Waals surface area contributed by atoms with Crippen molar-refractivity contribution in [3.05, 3.63) is 34.9 Å². The zero-order chi connectivity index (χ0) is 16.1. The Labute approximate surface area is 159 Å². The Bertz CT molecular complexity index is 284. The van der Waals surface area contributed by atoms with Crippen molar-refractivity contribution >= 4 is 72.8 Å². The number of hydrogen-bond donors (Lipinski definition) is 0. The summed E-state index contributed by atoms with van der Waals surface area (Å²) in [5, 5.41) is 0. The standard InChI is InChI=1S/3C5H9.3BrH.2In/c3*1-4-5(2)3;;;;;/h3*4H,2H2,1,3H3;3*1H;;/q;;;;;;;+3/p-3/b3*5-4-;;;;;. The van der Waals surface area contributed by atoms with Crippen LogP contribution in [-0.2, 0) is 0 Å². The van der Waals surface area contributed by atoms with Crippen LogP contribution >= 0.6 is 36.9 Å². The van der Waals surface area contributed by atoms with Crippen LogP contribution in [0, 0.1) is 0 Å². The van der Waals surface area contributed by atoms with Gasteiger partial charge in [0, 0.05) is 0 Å². The van der Waals surface area contributed by atoms with Crippen LogP contribution in [0.3, 0.4) is 0 Å². The fourth-order valence-electron chi connectivity index (χ4n) is 1.94. The molecule has 0 aliphatic carbocycles. The SMILES string of the molecule is C/C=C(\C)[CH2][In]([CH2]/C(C)=C/C)[CH2]/C(C)=C/C.[Br][In]([Br])[Br]. The van der Waals surface area contributed by atoms with Crippen LogP contribution in [0.5, 0.6) is 0 Å². The third kappa shape index (κ3) is 18.4. The van der Waals surface area contributed by atoms with E-state index in [1.807, 2.05) is 0 Å². The van der Waals surface area contributed by atoms with Gasteiger partial charge in [-0.2, -0.15) is 0 Å². The molecule has 20 heavy (non-hydrogen) atoms. The monoisotopic (exact) mass is 674 g/mol. The van der Waals surface area contributed by atoms with E-state index >= 15 is 0 Å². The van der Waals surface area contributed by atoms with Crippen molar-refractivity contribution in [1.29, 1.82) is 0 Å². The van der Waals surface area contributed by atoms with E-state index in [0.717, 1.165) is 0 Å². The normalized spacial score (nSPS) is 12.8. The Balaban J connectivity index is 0. The number of halogens is 3. The molecule has 0 aliphatic rings. The summed E-state index contributed by atoms with van der Waals surface area (Å²) >= 11 is 7.34. The number of allylic oxidation sites excluding steroid dienone is 6. The van der Waals surface area contributed by atoms with E-state index < -0.39 is 35.9 Å². The first-order valence-electron chi connectivity index (χ1n) is 7.04. The van der Waals surface area contributed by atoms with Gasteiger partial charge in [-0.3, -0.25) is 0 Å². The molecule has 0 aromatic rings. The van der Waals surface area contributed by atoms with Gasteiger partial charge >= 0.3 is 162 Å². The van der Waals surface area contributed by atoms with Crippen molar-refractivity contribution in [3.63, 3.8) is 0 Å². The molecule has 114 valence electrons. The second-order valence-corrected chi connectivity index (χ2v) is 58.1. The van der Waals surface area contributed by atoms with E-state index in [-0.39, 0.29) is 0 Å². The summed E-state index contributed by atoms with van der Waals surface area (Å²) < 4.78 is 4.32. The third-order valence-electron chi connectivity index (χ3n) is 3.31. The Morgan fingerprint density at radius 2 is 0.900 bits per heavy atom. The molecule has 0 rings (SSSR count). The van der Waals surface area contributed by atoms with Crippen molar-refractivity contribution in [2.45, 2.75) is 54.1 Å². The van der Waals surface area contributed by atoms with Gasteiger partial charge in [0.1, 0.15) is 0 Å². The van der Waals surface area contributed by atoms with E-state index in [2.05, 4.69) is 96.7 Å². The van der Waals surface area contributed by atoms with E-state index in [0.29, 0.717) is 0 Å². The van der Waals surface area contributed by atoms with Gasteiger partial charge in [-0.1, -0.05) is 0 Å². The number of rotatable bonds is 6. The average Bonchev–Trinajstić information content (AvgIpc) is 2.37. The van der Waals surface area contributed by atoms with Gasteiger partial charge in [-0.25, -0.2) is 0 Å². The molecule has 0 N–H and O–H groups in total. The second-order valence-electron chi connectivity index (χ2n) is 5.13. The maximum atomic E-state index is 3.31. The van der Waals surface area contributed by atoms with Crippen LogP contribution < -0.4 is 0 Å². The summed E-state index contributed by atoms with van der Waals surface area (Å²) in [5.41, 5.74) is 4.82. The number of hydrogen-bond acceptors (Lipinski definition) is 0. The van der Waals surface area contributed by atoms with Crippen LogP contribution in [-0.4, -0.2) is 35.9 Å². The molecule has 0 spiro atoms. The predicted molar refractivity (Wildman–Crippen MR) is 111 cm³/mol. The molecule has 0 heterocycles. The predicted octanol–water partition coefficient (Wildman–Crippen LogP) is 7.54. The second kappa shape index (κ2) is 16.3. The molecule has 0 aromatic carbocycles. The molecule has 0 unspecified atom stereocenters. The van der Waals surface area contributed by atoms with Gasteiger partial charge in [-0.15, -0.1) is 0 Å². The summed E-state index contributed by atoms with van der Waals surface area (Å²) in [6.07, 6.45) is 6.87. The Morgan fingerprint density at radius 1 is 0.700 bits per heavy atom. The fraction of sp³-hybridized carbons (Fsp3) is 0.600. The van der Waals surface area contributed by atoms with Crippen LogP contribution in [0.2, 0.25) is 12.5 Å². The Hall–Kier alpha value is 2.40. The summed E-state index contributed by atoms with van der Waals surface area (Å²) in [6.45, 7) is 13.4. The molecule has 0 amide bonds. The minimum atomic E-state index is -1.40. The summed E-state index contributed by atoms with van der Waals surface area (Å²) in [4.78, 5) is 0. The van der Waals surface area contributed by atoms with Gasteiger partial charge in [0.15, 0.2) is 0 Å². The topological polar surface area (TPSA) is 0 Å². The van der Waals surface area contributed by atoms with E-state index in [1.165, 1.54) is 12.5 Å². The molecule has 0 saturated heterocycles. The first-order chi connectivity index (χ1) is 9.26. The van der Waals surface area contributed by atoms with E-state index in [9.17, 15) is 0 Å². The molecule has 0 fully saturated rings. The van der Waals surface area contributed by atoms with E-state index in [4.69, 9.17) is 0 Å². The van der Waals surface area contributed by atoms with Crippen molar-refractivity contribution < 1.29 is 0 Å². The third-order valence-corrected chi connectivity index (χ3v) is 13.8. The Morgan fingerprint density at radius 3 is 1.05 bits per heavy atom. The molecule has 5 heteroatoms. The van der Waals surface area contributed by atoms with Crippen LogP contribution in [0.1, 0.15) is 41.5 Å². The maximum absolute atomic E-state index is 3.31. The van der Waals surface area contributed by atoms with Gasteiger partial charge in [0.25, 0.3) is 0 Å². The molecule has 0 atom stereocenters. The van der Waals surface area contributed by atoms with Gasteiger partial charge in [-0.05, 0) is 0 Å². The molecule has 0 saturated carbocycles. The Kier molecular flexibility index (Phi) is 20.0. The van der Waals surface area contributed by atoms with Crippen molar-refractivity contribution in [2.24, 2.45) is 0 Å². The summed E-state index contributed by atoms with van der Waals surface area (Å²) in [5.74, 6) is 0. The van der Waals surface area contributed by atoms with Gasteiger partial charge in [0.2, 0.25) is 0 Å². The first-order valence-corrected chi connectivity index (χ1v) is 36.2. The molecular weight excluding hydrogens is 650 g/mol. The van der Waals surface area contributed by atoms with Crippen LogP contribution in [0.4, 0.5) is 0 Å². The molecule has 0 bridgehead atoms. The van der Waals surface area contributed by atoms with E-state index in [1.54, 1.807) is 16.7 Å². The average molecular weight is 677 g/mol. The molecule has 0 radical (unpaired) electrons. The molecular formula is C15H27Br3In2. The molecule has 0 nitrogen and oxygen atoms in total. The minimum absolute atomic E-state index is 1.20. The first kappa shape index (κ1) is 24.7. The fourth-order valence-corrected chi connectivity index (χ4v) is 13.0. The summed E-state index contributed by atoms with van der Waals surface area (Å²) in [7, 11) is 0. The van der Waals surface area contributed by atoms with Gasteiger partial charge in [0.05, 0.1) is 0 Å². The van der Waals surface area contributed by atoms with Crippen LogP contribution in [0.25, 0.3) is 0 Å². The zero-order valence-corrected chi connectivity index (χ0v) is 25.0. The molecule has 0 aliphatic heterocycles. The summed E-state index contributed by atoms with van der Waals surface area (Å²) in [6, 6.07) is 0. The zero-order valence-electron chi connectivity index (χ0n) is 13.6.